The first kappa shape index (κ1) is 24.5. The average Bonchev–Trinajstić information content (AvgIpc) is 2.71. The molecule has 0 unspecified atom stereocenters. The number of hydrogen-bond acceptors (Lipinski definition) is 6. The standard InChI is InChI=1S/C20H34N4O5S/c1-17(2)16-24(30(27,28)23-13-11-22(3)12-14-23)10-9-19(21-20(25)29-26)15-18-7-5-4-6-8-18/h4-8,17,19,26H,9-16H2,1-3H3,(H,21,25)/t19-/m1/s1. The molecule has 1 aliphatic heterocycles. The second-order valence-electron chi connectivity index (χ2n) is 8.16. The van der Waals surface area contributed by atoms with E-state index >= 15 is 0 Å². The predicted molar refractivity (Wildman–Crippen MR) is 115 cm³/mol. The second-order valence-corrected chi connectivity index (χ2v) is 10.1. The van der Waals surface area contributed by atoms with Crippen LogP contribution in [0, 0.1) is 5.92 Å². The molecule has 1 amide bonds. The summed E-state index contributed by atoms with van der Waals surface area (Å²) in [7, 11) is -1.62. The summed E-state index contributed by atoms with van der Waals surface area (Å²) in [5.74, 6) is 0.162. The summed E-state index contributed by atoms with van der Waals surface area (Å²) in [6, 6.07) is 9.20. The molecule has 170 valence electrons. The van der Waals surface area contributed by atoms with Crippen molar-refractivity contribution in [3.05, 3.63) is 35.9 Å². The van der Waals surface area contributed by atoms with Crippen LogP contribution >= 0.6 is 0 Å². The van der Waals surface area contributed by atoms with Crippen molar-refractivity contribution in [2.75, 3.05) is 46.3 Å². The Bertz CT molecular complexity index is 752. The molecule has 10 heteroatoms. The fraction of sp³-hybridized carbons (Fsp3) is 0.650. The first-order valence-corrected chi connectivity index (χ1v) is 11.7. The van der Waals surface area contributed by atoms with Gasteiger partial charge in [-0.1, -0.05) is 44.2 Å². The lowest BCUT2D eigenvalue weighted by molar-refractivity contribution is -0.178. The van der Waals surface area contributed by atoms with E-state index in [1.165, 1.54) is 8.61 Å². The Balaban J connectivity index is 2.10. The van der Waals surface area contributed by atoms with Crippen LogP contribution < -0.4 is 5.32 Å². The van der Waals surface area contributed by atoms with Crippen molar-refractivity contribution in [1.29, 1.82) is 0 Å². The van der Waals surface area contributed by atoms with Crippen molar-refractivity contribution in [1.82, 2.24) is 18.8 Å². The van der Waals surface area contributed by atoms with Gasteiger partial charge >= 0.3 is 6.09 Å². The number of piperazine rings is 1. The van der Waals surface area contributed by atoms with Gasteiger partial charge in [-0.15, -0.1) is 0 Å². The summed E-state index contributed by atoms with van der Waals surface area (Å²) in [6.45, 7) is 6.97. The number of hydrogen-bond donors (Lipinski definition) is 2. The minimum atomic E-state index is -3.60. The quantitative estimate of drug-likeness (QED) is 0.422. The Morgan fingerprint density at radius 1 is 1.20 bits per heavy atom. The van der Waals surface area contributed by atoms with Crippen molar-refractivity contribution < 1.29 is 23.4 Å². The zero-order chi connectivity index (χ0) is 22.1. The normalized spacial score (nSPS) is 17.3. The first-order valence-electron chi connectivity index (χ1n) is 10.3. The molecule has 2 rings (SSSR count). The Labute approximate surface area is 179 Å². The van der Waals surface area contributed by atoms with Crippen LogP contribution in [0.25, 0.3) is 0 Å². The van der Waals surface area contributed by atoms with Crippen molar-refractivity contribution in [3.8, 4) is 0 Å². The van der Waals surface area contributed by atoms with Crippen molar-refractivity contribution in [2.45, 2.75) is 32.7 Å². The molecular weight excluding hydrogens is 408 g/mol. The van der Waals surface area contributed by atoms with E-state index in [9.17, 15) is 13.2 Å². The molecular formula is C20H34N4O5S. The highest BCUT2D eigenvalue weighted by molar-refractivity contribution is 7.86. The lowest BCUT2D eigenvalue weighted by Gasteiger charge is -2.36. The van der Waals surface area contributed by atoms with E-state index in [0.717, 1.165) is 5.56 Å². The highest BCUT2D eigenvalue weighted by Crippen LogP contribution is 2.16. The maximum Gasteiger partial charge on any atom is 0.438 e. The van der Waals surface area contributed by atoms with Gasteiger partial charge in [0.15, 0.2) is 0 Å². The molecule has 0 radical (unpaired) electrons. The largest absolute Gasteiger partial charge is 0.438 e. The Kier molecular flexibility index (Phi) is 9.50. The van der Waals surface area contributed by atoms with E-state index in [1.807, 2.05) is 51.2 Å². The lowest BCUT2D eigenvalue weighted by atomic mass is 10.0. The third-order valence-corrected chi connectivity index (χ3v) is 7.14. The monoisotopic (exact) mass is 442 g/mol. The molecule has 1 heterocycles. The van der Waals surface area contributed by atoms with Crippen LogP contribution in [0.1, 0.15) is 25.8 Å². The van der Waals surface area contributed by atoms with Gasteiger partial charge in [-0.25, -0.2) is 4.79 Å². The number of nitrogens with zero attached hydrogens (tertiary/aromatic N) is 3. The third-order valence-electron chi connectivity index (χ3n) is 5.14. The predicted octanol–water partition coefficient (Wildman–Crippen LogP) is 1.64. The molecule has 1 fully saturated rings. The van der Waals surface area contributed by atoms with Gasteiger partial charge in [-0.2, -0.15) is 22.3 Å². The molecule has 1 atom stereocenters. The summed E-state index contributed by atoms with van der Waals surface area (Å²) in [6.07, 6.45) is -0.0581. The van der Waals surface area contributed by atoms with Gasteiger partial charge in [-0.3, -0.25) is 4.89 Å². The van der Waals surface area contributed by atoms with Crippen LogP contribution in [0.2, 0.25) is 0 Å². The number of likely N-dealkylation sites (N-methyl/N-ethyl adjacent to an activating group) is 1. The average molecular weight is 443 g/mol. The molecule has 2 N–H and O–H groups in total. The summed E-state index contributed by atoms with van der Waals surface area (Å²) in [4.78, 5) is 17.5. The fourth-order valence-corrected chi connectivity index (χ4v) is 5.28. The van der Waals surface area contributed by atoms with Gasteiger partial charge in [-0.05, 0) is 31.4 Å². The minimum Gasteiger partial charge on any atom is -0.316 e. The van der Waals surface area contributed by atoms with E-state index in [1.54, 1.807) is 0 Å². The summed E-state index contributed by atoms with van der Waals surface area (Å²) >= 11 is 0. The van der Waals surface area contributed by atoms with Crippen LogP contribution in [0.3, 0.4) is 0 Å². The van der Waals surface area contributed by atoms with Gasteiger partial charge in [0.1, 0.15) is 0 Å². The smallest absolute Gasteiger partial charge is 0.316 e. The van der Waals surface area contributed by atoms with Crippen molar-refractivity contribution in [2.24, 2.45) is 5.92 Å². The summed E-state index contributed by atoms with van der Waals surface area (Å²) in [5.41, 5.74) is 0.998. The number of carbonyl (C=O) groups is 1. The van der Waals surface area contributed by atoms with Crippen molar-refractivity contribution in [3.63, 3.8) is 0 Å². The zero-order valence-corrected chi connectivity index (χ0v) is 18.8. The van der Waals surface area contributed by atoms with Crippen molar-refractivity contribution >= 4 is 16.3 Å². The molecule has 1 aromatic carbocycles. The Morgan fingerprint density at radius 2 is 1.83 bits per heavy atom. The Morgan fingerprint density at radius 3 is 2.40 bits per heavy atom. The van der Waals surface area contributed by atoms with E-state index in [4.69, 9.17) is 5.26 Å². The fourth-order valence-electron chi connectivity index (χ4n) is 3.51. The third kappa shape index (κ3) is 7.51. The minimum absolute atomic E-state index is 0.162. The molecule has 9 nitrogen and oxygen atoms in total. The maximum atomic E-state index is 13.3. The van der Waals surface area contributed by atoms with E-state index < -0.39 is 16.3 Å². The molecule has 1 saturated heterocycles. The SMILES string of the molecule is CC(C)CN(CC[C@H](Cc1ccccc1)NC(=O)OO)S(=O)(=O)N1CCN(C)CC1. The molecule has 0 aromatic heterocycles. The molecule has 0 bridgehead atoms. The summed E-state index contributed by atoms with van der Waals surface area (Å²) in [5, 5.41) is 11.2. The van der Waals surface area contributed by atoms with Crippen LogP contribution in [-0.2, 0) is 21.5 Å². The highest BCUT2D eigenvalue weighted by atomic mass is 32.2. The maximum absolute atomic E-state index is 13.3. The molecule has 0 aliphatic carbocycles. The number of benzene rings is 1. The summed E-state index contributed by atoms with van der Waals surface area (Å²) < 4.78 is 29.6. The van der Waals surface area contributed by atoms with Gasteiger partial charge in [0.25, 0.3) is 10.2 Å². The van der Waals surface area contributed by atoms with Crippen LogP contribution in [0.5, 0.6) is 0 Å². The number of nitrogens with one attached hydrogen (secondary N) is 1. The number of rotatable bonds is 10. The Hall–Kier alpha value is -1.72. The van der Waals surface area contributed by atoms with Gasteiger partial charge in [0.2, 0.25) is 0 Å². The topological polar surface area (TPSA) is 102 Å². The highest BCUT2D eigenvalue weighted by Gasteiger charge is 2.32. The lowest BCUT2D eigenvalue weighted by Crippen LogP contribution is -2.53. The van der Waals surface area contributed by atoms with Crippen LogP contribution in [0.4, 0.5) is 4.79 Å². The molecule has 1 aliphatic rings. The molecule has 1 aromatic rings. The first-order chi connectivity index (χ1) is 14.2. The van der Waals surface area contributed by atoms with Gasteiger partial charge in [0.05, 0.1) is 0 Å². The molecule has 0 spiro atoms. The molecule has 30 heavy (non-hydrogen) atoms. The van der Waals surface area contributed by atoms with E-state index in [-0.39, 0.29) is 18.5 Å². The number of amides is 1. The molecule has 0 saturated carbocycles. The number of carbonyl (C=O) groups excluding carboxylic acids is 1. The van der Waals surface area contributed by atoms with E-state index in [0.29, 0.717) is 45.6 Å². The zero-order valence-electron chi connectivity index (χ0n) is 18.0. The van der Waals surface area contributed by atoms with Gasteiger partial charge in [0, 0.05) is 45.3 Å². The van der Waals surface area contributed by atoms with Crippen LogP contribution in [-0.4, -0.2) is 85.6 Å². The van der Waals surface area contributed by atoms with Gasteiger partial charge < -0.3 is 10.2 Å². The van der Waals surface area contributed by atoms with E-state index in [2.05, 4.69) is 15.1 Å². The van der Waals surface area contributed by atoms with Crippen LogP contribution in [0.15, 0.2) is 30.3 Å². The second kappa shape index (κ2) is 11.6.